The molecule has 1 atom stereocenters. The van der Waals surface area contributed by atoms with Gasteiger partial charge in [-0.05, 0) is 50.5 Å². The molecule has 8 heteroatoms. The Balaban J connectivity index is 2.48. The van der Waals surface area contributed by atoms with Gasteiger partial charge in [0.1, 0.15) is 6.04 Å². The Hall–Kier alpha value is -1.93. The van der Waals surface area contributed by atoms with Gasteiger partial charge in [0.15, 0.2) is 0 Å². The second-order valence-electron chi connectivity index (χ2n) is 5.97. The third-order valence-electron chi connectivity index (χ3n) is 3.75. The van der Waals surface area contributed by atoms with Crippen LogP contribution in [0.5, 0.6) is 0 Å². The Kier molecular flexibility index (Phi) is 8.05. The Labute approximate surface area is 149 Å². The van der Waals surface area contributed by atoms with Gasteiger partial charge in [-0.15, -0.1) is 0 Å². The maximum atomic E-state index is 12.2. The van der Waals surface area contributed by atoms with Gasteiger partial charge in [-0.25, -0.2) is 13.1 Å². The molecule has 1 rings (SSSR count). The van der Waals surface area contributed by atoms with Crippen LogP contribution in [0.25, 0.3) is 0 Å². The van der Waals surface area contributed by atoms with E-state index in [1.807, 2.05) is 20.8 Å². The van der Waals surface area contributed by atoms with Crippen molar-refractivity contribution in [3.05, 3.63) is 29.3 Å². The summed E-state index contributed by atoms with van der Waals surface area (Å²) in [4.78, 5) is 23.7. The van der Waals surface area contributed by atoms with Gasteiger partial charge < -0.3 is 10.6 Å². The number of carbonyl (C=O) groups is 2. The highest BCUT2D eigenvalue weighted by Crippen LogP contribution is 2.14. The van der Waals surface area contributed by atoms with E-state index in [0.29, 0.717) is 6.54 Å². The molecule has 0 saturated carbocycles. The summed E-state index contributed by atoms with van der Waals surface area (Å²) in [5.74, 6) is -0.646. The molecular formula is C17H27N3O4S. The highest BCUT2D eigenvalue weighted by Gasteiger charge is 2.17. The Bertz CT molecular complexity index is 717. The molecule has 2 amide bonds. The van der Waals surface area contributed by atoms with E-state index in [2.05, 4.69) is 15.4 Å². The van der Waals surface area contributed by atoms with Gasteiger partial charge in [0.05, 0.1) is 4.90 Å². The van der Waals surface area contributed by atoms with E-state index >= 15 is 0 Å². The zero-order chi connectivity index (χ0) is 19.0. The zero-order valence-electron chi connectivity index (χ0n) is 15.2. The Morgan fingerprint density at radius 3 is 2.40 bits per heavy atom. The molecule has 0 aliphatic carbocycles. The molecule has 25 heavy (non-hydrogen) atoms. The van der Waals surface area contributed by atoms with E-state index in [1.54, 1.807) is 19.1 Å². The van der Waals surface area contributed by atoms with Gasteiger partial charge in [0, 0.05) is 19.5 Å². The molecule has 1 aromatic carbocycles. The predicted octanol–water partition coefficient (Wildman–Crippen LogP) is 1.00. The molecule has 0 aliphatic heterocycles. The topological polar surface area (TPSA) is 104 Å². The standard InChI is InChI=1S/C17H27N3O4S/c1-5-9-18-17(22)14(4)20-16(21)8-10-19-25(23,24)15-7-6-12(2)13(3)11-15/h6-7,11,14,19H,5,8-10H2,1-4H3,(H,18,22)(H,20,21)/t14-/m0/s1. The molecule has 0 aliphatic rings. The van der Waals surface area contributed by atoms with Crippen LogP contribution in [0.3, 0.4) is 0 Å². The quantitative estimate of drug-likeness (QED) is 0.604. The molecule has 0 radical (unpaired) electrons. The average Bonchev–Trinajstić information content (AvgIpc) is 2.54. The van der Waals surface area contributed by atoms with Gasteiger partial charge >= 0.3 is 0 Å². The molecule has 0 fully saturated rings. The van der Waals surface area contributed by atoms with Crippen molar-refractivity contribution >= 4 is 21.8 Å². The van der Waals surface area contributed by atoms with Crippen molar-refractivity contribution in [1.82, 2.24) is 15.4 Å². The molecule has 0 heterocycles. The first-order valence-electron chi connectivity index (χ1n) is 8.31. The molecule has 0 bridgehead atoms. The lowest BCUT2D eigenvalue weighted by molar-refractivity contribution is -0.128. The van der Waals surface area contributed by atoms with Crippen molar-refractivity contribution in [2.24, 2.45) is 0 Å². The molecule has 3 N–H and O–H groups in total. The minimum Gasteiger partial charge on any atom is -0.354 e. The smallest absolute Gasteiger partial charge is 0.242 e. The number of benzene rings is 1. The lowest BCUT2D eigenvalue weighted by Crippen LogP contribution is -2.45. The molecular weight excluding hydrogens is 342 g/mol. The van der Waals surface area contributed by atoms with E-state index in [1.165, 1.54) is 6.07 Å². The van der Waals surface area contributed by atoms with Crippen LogP contribution in [-0.4, -0.2) is 39.4 Å². The van der Waals surface area contributed by atoms with Gasteiger partial charge in [-0.1, -0.05) is 13.0 Å². The summed E-state index contributed by atoms with van der Waals surface area (Å²) >= 11 is 0. The predicted molar refractivity (Wildman–Crippen MR) is 96.6 cm³/mol. The number of rotatable bonds is 9. The van der Waals surface area contributed by atoms with E-state index in [0.717, 1.165) is 17.5 Å². The van der Waals surface area contributed by atoms with Crippen molar-refractivity contribution in [3.63, 3.8) is 0 Å². The highest BCUT2D eigenvalue weighted by molar-refractivity contribution is 7.89. The minimum absolute atomic E-state index is 0.0373. The van der Waals surface area contributed by atoms with Crippen molar-refractivity contribution < 1.29 is 18.0 Å². The van der Waals surface area contributed by atoms with Crippen LogP contribution in [0.4, 0.5) is 0 Å². The van der Waals surface area contributed by atoms with E-state index in [9.17, 15) is 18.0 Å². The van der Waals surface area contributed by atoms with E-state index in [4.69, 9.17) is 0 Å². The minimum atomic E-state index is -3.66. The van der Waals surface area contributed by atoms with E-state index < -0.39 is 16.1 Å². The van der Waals surface area contributed by atoms with Crippen LogP contribution in [-0.2, 0) is 19.6 Å². The monoisotopic (exact) mass is 369 g/mol. The maximum Gasteiger partial charge on any atom is 0.242 e. The van der Waals surface area contributed by atoms with Crippen molar-refractivity contribution in [2.75, 3.05) is 13.1 Å². The number of nitrogens with one attached hydrogen (secondary N) is 3. The first-order chi connectivity index (χ1) is 11.7. The van der Waals surface area contributed by atoms with Crippen LogP contribution < -0.4 is 15.4 Å². The highest BCUT2D eigenvalue weighted by atomic mass is 32.2. The van der Waals surface area contributed by atoms with Crippen LogP contribution in [0.1, 0.15) is 37.8 Å². The summed E-state index contributed by atoms with van der Waals surface area (Å²) in [6, 6.07) is 4.21. The number of sulfonamides is 1. The normalized spacial score (nSPS) is 12.5. The summed E-state index contributed by atoms with van der Waals surface area (Å²) < 4.78 is 26.8. The molecule has 0 saturated heterocycles. The molecule has 0 spiro atoms. The maximum absolute atomic E-state index is 12.2. The summed E-state index contributed by atoms with van der Waals surface area (Å²) in [5.41, 5.74) is 1.89. The lowest BCUT2D eigenvalue weighted by atomic mass is 10.1. The SMILES string of the molecule is CCCNC(=O)[C@H](C)NC(=O)CCNS(=O)(=O)c1ccc(C)c(C)c1. The van der Waals surface area contributed by atoms with Crippen LogP contribution >= 0.6 is 0 Å². The largest absolute Gasteiger partial charge is 0.354 e. The Morgan fingerprint density at radius 1 is 1.12 bits per heavy atom. The molecule has 0 unspecified atom stereocenters. The van der Waals surface area contributed by atoms with Crippen molar-refractivity contribution in [3.8, 4) is 0 Å². The van der Waals surface area contributed by atoms with Crippen molar-refractivity contribution in [1.29, 1.82) is 0 Å². The van der Waals surface area contributed by atoms with Gasteiger partial charge in [0.2, 0.25) is 21.8 Å². The first kappa shape index (κ1) is 21.1. The second kappa shape index (κ2) is 9.53. The van der Waals surface area contributed by atoms with Crippen LogP contribution in [0.2, 0.25) is 0 Å². The molecule has 140 valence electrons. The zero-order valence-corrected chi connectivity index (χ0v) is 16.0. The fourth-order valence-corrected chi connectivity index (χ4v) is 3.16. The number of carbonyl (C=O) groups excluding carboxylic acids is 2. The summed E-state index contributed by atoms with van der Waals surface area (Å²) in [5, 5.41) is 5.23. The summed E-state index contributed by atoms with van der Waals surface area (Å²) in [6.45, 7) is 7.78. The van der Waals surface area contributed by atoms with Crippen LogP contribution in [0, 0.1) is 13.8 Å². The van der Waals surface area contributed by atoms with Crippen LogP contribution in [0.15, 0.2) is 23.1 Å². The van der Waals surface area contributed by atoms with Gasteiger partial charge in [-0.2, -0.15) is 0 Å². The summed E-state index contributed by atoms with van der Waals surface area (Å²) in [7, 11) is -3.66. The fraction of sp³-hybridized carbons (Fsp3) is 0.529. The number of hydrogen-bond donors (Lipinski definition) is 3. The number of amides is 2. The fourth-order valence-electron chi connectivity index (χ4n) is 2.04. The van der Waals surface area contributed by atoms with Crippen molar-refractivity contribution in [2.45, 2.75) is 51.5 Å². The second-order valence-corrected chi connectivity index (χ2v) is 7.74. The number of hydrogen-bond acceptors (Lipinski definition) is 4. The molecule has 1 aromatic rings. The third-order valence-corrected chi connectivity index (χ3v) is 5.21. The average molecular weight is 369 g/mol. The van der Waals surface area contributed by atoms with E-state index in [-0.39, 0.29) is 29.7 Å². The van der Waals surface area contributed by atoms with Gasteiger partial charge in [0.25, 0.3) is 0 Å². The lowest BCUT2D eigenvalue weighted by Gasteiger charge is -2.14. The Morgan fingerprint density at radius 2 is 1.80 bits per heavy atom. The molecule has 0 aromatic heterocycles. The van der Waals surface area contributed by atoms with Gasteiger partial charge in [-0.3, -0.25) is 9.59 Å². The number of aryl methyl sites for hydroxylation is 2. The molecule has 7 nitrogen and oxygen atoms in total. The first-order valence-corrected chi connectivity index (χ1v) is 9.79. The third kappa shape index (κ3) is 6.83. The summed E-state index contributed by atoms with van der Waals surface area (Å²) in [6.07, 6.45) is 0.766.